The maximum absolute atomic E-state index is 5.30. The molecule has 0 amide bonds. The van der Waals surface area contributed by atoms with Gasteiger partial charge in [0.05, 0.1) is 7.11 Å². The first-order chi connectivity index (χ1) is 7.96. The van der Waals surface area contributed by atoms with E-state index >= 15 is 0 Å². The predicted octanol–water partition coefficient (Wildman–Crippen LogP) is 4.92. The van der Waals surface area contributed by atoms with E-state index in [1.165, 1.54) is 24.4 Å². The van der Waals surface area contributed by atoms with Gasteiger partial charge in [-0.3, -0.25) is 0 Å². The van der Waals surface area contributed by atoms with Crippen molar-refractivity contribution in [1.29, 1.82) is 0 Å². The van der Waals surface area contributed by atoms with E-state index in [9.17, 15) is 0 Å². The molecule has 0 aliphatic heterocycles. The second-order valence-electron chi connectivity index (χ2n) is 5.98. The molecule has 96 valence electrons. The van der Waals surface area contributed by atoms with Gasteiger partial charge in [0, 0.05) is 8.07 Å². The molecule has 0 aliphatic carbocycles. The van der Waals surface area contributed by atoms with Crippen LogP contribution in [0.15, 0.2) is 24.3 Å². The van der Waals surface area contributed by atoms with Crippen LogP contribution in [0.1, 0.15) is 31.2 Å². The minimum atomic E-state index is -0.922. The monoisotopic (exact) mass is 250 g/mol. The van der Waals surface area contributed by atoms with Crippen LogP contribution in [-0.4, -0.2) is 15.2 Å². The predicted molar refractivity (Wildman–Crippen MR) is 78.8 cm³/mol. The molecule has 0 heterocycles. The largest absolute Gasteiger partial charge is 0.497 e. The molecular weight excluding hydrogens is 224 g/mol. The molecule has 0 radical (unpaired) electrons. The molecule has 0 saturated carbocycles. The van der Waals surface area contributed by atoms with Crippen LogP contribution in [-0.2, 0) is 0 Å². The average molecular weight is 250 g/mol. The van der Waals surface area contributed by atoms with Crippen molar-refractivity contribution in [2.45, 2.75) is 51.4 Å². The molecule has 1 nitrogen and oxygen atoms in total. The molecule has 0 aliphatic rings. The first kappa shape index (κ1) is 14.3. The van der Waals surface area contributed by atoms with Crippen molar-refractivity contribution in [2.75, 3.05) is 7.11 Å². The third-order valence-corrected chi connectivity index (χ3v) is 5.09. The first-order valence-electron chi connectivity index (χ1n) is 6.60. The zero-order valence-corrected chi connectivity index (χ0v) is 12.9. The standard InChI is InChI=1S/C15H26OSi/c1-6-13(10-11-17(3,4)5)14-8-7-9-15(12-14)16-2/h7-9,12-13H,6,10-11H2,1-5H3. The number of ether oxygens (including phenoxy) is 1. The Labute approximate surface area is 107 Å². The molecule has 1 atom stereocenters. The van der Waals surface area contributed by atoms with Crippen LogP contribution < -0.4 is 4.74 Å². The summed E-state index contributed by atoms with van der Waals surface area (Å²) in [5.74, 6) is 1.67. The van der Waals surface area contributed by atoms with Crippen molar-refractivity contribution in [3.05, 3.63) is 29.8 Å². The molecule has 0 aromatic heterocycles. The Hall–Kier alpha value is -0.763. The zero-order valence-electron chi connectivity index (χ0n) is 11.9. The second-order valence-corrected chi connectivity index (χ2v) is 11.6. The van der Waals surface area contributed by atoms with Crippen molar-refractivity contribution in [1.82, 2.24) is 0 Å². The van der Waals surface area contributed by atoms with Gasteiger partial charge in [-0.15, -0.1) is 0 Å². The molecule has 0 saturated heterocycles. The van der Waals surface area contributed by atoms with E-state index in [1.807, 2.05) is 6.07 Å². The first-order valence-corrected chi connectivity index (χ1v) is 10.3. The highest BCUT2D eigenvalue weighted by atomic mass is 28.3. The Morgan fingerprint density at radius 1 is 1.24 bits per heavy atom. The Morgan fingerprint density at radius 3 is 2.47 bits per heavy atom. The normalized spacial score (nSPS) is 13.5. The van der Waals surface area contributed by atoms with Crippen LogP contribution in [0.5, 0.6) is 5.75 Å². The van der Waals surface area contributed by atoms with Gasteiger partial charge >= 0.3 is 0 Å². The van der Waals surface area contributed by atoms with Crippen LogP contribution in [0.4, 0.5) is 0 Å². The summed E-state index contributed by atoms with van der Waals surface area (Å²) in [5, 5.41) is 0. The molecule has 0 fully saturated rings. The quantitative estimate of drug-likeness (QED) is 0.651. The average Bonchev–Trinajstić information content (AvgIpc) is 2.29. The summed E-state index contributed by atoms with van der Waals surface area (Å²) in [6.45, 7) is 9.64. The van der Waals surface area contributed by atoms with E-state index in [2.05, 4.69) is 44.8 Å². The van der Waals surface area contributed by atoms with Crippen LogP contribution in [0, 0.1) is 0 Å². The lowest BCUT2D eigenvalue weighted by atomic mass is 9.94. The van der Waals surface area contributed by atoms with Gasteiger partial charge in [-0.25, -0.2) is 0 Å². The highest BCUT2D eigenvalue weighted by Crippen LogP contribution is 2.29. The molecule has 0 spiro atoms. The maximum Gasteiger partial charge on any atom is 0.119 e. The highest BCUT2D eigenvalue weighted by Gasteiger charge is 2.17. The van der Waals surface area contributed by atoms with Crippen molar-refractivity contribution < 1.29 is 4.74 Å². The van der Waals surface area contributed by atoms with Crippen molar-refractivity contribution in [3.63, 3.8) is 0 Å². The van der Waals surface area contributed by atoms with Gasteiger partial charge in [0.25, 0.3) is 0 Å². The molecule has 1 rings (SSSR count). The smallest absolute Gasteiger partial charge is 0.119 e. The third-order valence-electron chi connectivity index (χ3n) is 3.30. The Balaban J connectivity index is 2.72. The number of hydrogen-bond acceptors (Lipinski definition) is 1. The Kier molecular flexibility index (Phi) is 5.25. The van der Waals surface area contributed by atoms with Crippen molar-refractivity contribution in [2.24, 2.45) is 0 Å². The van der Waals surface area contributed by atoms with Crippen LogP contribution in [0.2, 0.25) is 25.7 Å². The van der Waals surface area contributed by atoms with E-state index in [-0.39, 0.29) is 0 Å². The van der Waals surface area contributed by atoms with Crippen LogP contribution >= 0.6 is 0 Å². The fourth-order valence-electron chi connectivity index (χ4n) is 2.11. The second kappa shape index (κ2) is 6.25. The molecule has 0 N–H and O–H groups in total. The Bertz CT molecular complexity index is 341. The van der Waals surface area contributed by atoms with Gasteiger partial charge < -0.3 is 4.74 Å². The topological polar surface area (TPSA) is 9.23 Å². The number of methoxy groups -OCH3 is 1. The van der Waals surface area contributed by atoms with Gasteiger partial charge in [-0.2, -0.15) is 0 Å². The fraction of sp³-hybridized carbons (Fsp3) is 0.600. The van der Waals surface area contributed by atoms with E-state index in [0.29, 0.717) is 5.92 Å². The van der Waals surface area contributed by atoms with Crippen LogP contribution in [0.25, 0.3) is 0 Å². The van der Waals surface area contributed by atoms with Crippen molar-refractivity contribution in [3.8, 4) is 5.75 Å². The lowest BCUT2D eigenvalue weighted by Gasteiger charge is -2.21. The molecule has 2 heteroatoms. The zero-order chi connectivity index (χ0) is 12.9. The van der Waals surface area contributed by atoms with E-state index in [4.69, 9.17) is 4.74 Å². The SMILES string of the molecule is CCC(CC[Si](C)(C)C)c1cccc(OC)c1. The molecule has 0 bridgehead atoms. The van der Waals surface area contributed by atoms with Crippen molar-refractivity contribution >= 4 is 8.07 Å². The summed E-state index contributed by atoms with van der Waals surface area (Å²) in [7, 11) is 0.816. The Morgan fingerprint density at radius 2 is 1.94 bits per heavy atom. The fourth-order valence-corrected chi connectivity index (χ4v) is 3.32. The maximum atomic E-state index is 5.30. The minimum absolute atomic E-state index is 0.692. The number of benzene rings is 1. The number of rotatable bonds is 6. The van der Waals surface area contributed by atoms with Gasteiger partial charge in [0.15, 0.2) is 0 Å². The molecule has 1 aromatic rings. The molecular formula is C15H26OSi. The molecule has 1 aromatic carbocycles. The number of hydrogen-bond donors (Lipinski definition) is 0. The molecule has 1 unspecified atom stereocenters. The lowest BCUT2D eigenvalue weighted by Crippen LogP contribution is -2.20. The summed E-state index contributed by atoms with van der Waals surface area (Å²) < 4.78 is 5.30. The highest BCUT2D eigenvalue weighted by molar-refractivity contribution is 6.76. The van der Waals surface area contributed by atoms with E-state index < -0.39 is 8.07 Å². The van der Waals surface area contributed by atoms with Gasteiger partial charge in [-0.05, 0) is 36.5 Å². The summed E-state index contributed by atoms with van der Waals surface area (Å²) >= 11 is 0. The van der Waals surface area contributed by atoms with Gasteiger partial charge in [0.2, 0.25) is 0 Å². The minimum Gasteiger partial charge on any atom is -0.497 e. The van der Waals surface area contributed by atoms with Gasteiger partial charge in [0.1, 0.15) is 5.75 Å². The van der Waals surface area contributed by atoms with Crippen LogP contribution in [0.3, 0.4) is 0 Å². The summed E-state index contributed by atoms with van der Waals surface area (Å²) in [6.07, 6.45) is 2.54. The molecule has 17 heavy (non-hydrogen) atoms. The van der Waals surface area contributed by atoms with Gasteiger partial charge in [-0.1, -0.05) is 44.7 Å². The van der Waals surface area contributed by atoms with E-state index in [0.717, 1.165) is 5.75 Å². The summed E-state index contributed by atoms with van der Waals surface area (Å²) in [6, 6.07) is 9.96. The van der Waals surface area contributed by atoms with E-state index in [1.54, 1.807) is 7.11 Å². The lowest BCUT2D eigenvalue weighted by molar-refractivity contribution is 0.413. The summed E-state index contributed by atoms with van der Waals surface area (Å²) in [4.78, 5) is 0. The summed E-state index contributed by atoms with van der Waals surface area (Å²) in [5.41, 5.74) is 1.44. The third kappa shape index (κ3) is 4.94.